The topological polar surface area (TPSA) is 72.7 Å². The van der Waals surface area contributed by atoms with Crippen LogP contribution in [0.4, 0.5) is 5.69 Å². The summed E-state index contributed by atoms with van der Waals surface area (Å²) in [7, 11) is 0. The summed E-state index contributed by atoms with van der Waals surface area (Å²) in [4.78, 5) is 16.7. The van der Waals surface area contributed by atoms with E-state index in [0.29, 0.717) is 26.7 Å². The van der Waals surface area contributed by atoms with Gasteiger partial charge in [0, 0.05) is 29.3 Å². The van der Waals surface area contributed by atoms with Crippen LogP contribution in [0.3, 0.4) is 0 Å². The van der Waals surface area contributed by atoms with E-state index < -0.39 is 0 Å². The summed E-state index contributed by atoms with van der Waals surface area (Å²) >= 11 is 13.2. The number of rotatable bonds is 6. The lowest BCUT2D eigenvalue weighted by atomic mass is 10.2. The van der Waals surface area contributed by atoms with E-state index in [0.717, 1.165) is 16.8 Å². The largest absolute Gasteiger partial charge is 0.325 e. The van der Waals surface area contributed by atoms with E-state index in [-0.39, 0.29) is 11.7 Å². The van der Waals surface area contributed by atoms with Crippen LogP contribution in [0.1, 0.15) is 5.56 Å². The lowest BCUT2D eigenvalue weighted by Crippen LogP contribution is -2.14. The number of nitrogens with one attached hydrogen (secondary N) is 1. The number of pyridine rings is 1. The molecule has 0 aliphatic heterocycles. The average molecular weight is 470 g/mol. The monoisotopic (exact) mass is 469 g/mol. The van der Waals surface area contributed by atoms with Crippen LogP contribution >= 0.6 is 35.0 Å². The van der Waals surface area contributed by atoms with Gasteiger partial charge in [-0.2, -0.15) is 0 Å². The molecule has 0 spiro atoms. The maximum atomic E-state index is 12.5. The van der Waals surface area contributed by atoms with Gasteiger partial charge in [-0.3, -0.25) is 14.3 Å². The molecular formula is C22H17Cl2N5OS. The molecule has 0 saturated heterocycles. The third-order valence-electron chi connectivity index (χ3n) is 4.38. The average Bonchev–Trinajstić information content (AvgIpc) is 3.20. The molecule has 6 nitrogen and oxygen atoms in total. The van der Waals surface area contributed by atoms with Gasteiger partial charge < -0.3 is 5.32 Å². The van der Waals surface area contributed by atoms with E-state index in [2.05, 4.69) is 20.5 Å². The molecule has 0 aliphatic rings. The molecule has 2 heterocycles. The van der Waals surface area contributed by atoms with Gasteiger partial charge in [-0.25, -0.2) is 0 Å². The number of thioether (sulfide) groups is 1. The second-order valence-electron chi connectivity index (χ2n) is 6.68. The fourth-order valence-electron chi connectivity index (χ4n) is 2.87. The summed E-state index contributed by atoms with van der Waals surface area (Å²) in [6.07, 6.45) is 3.44. The molecular weight excluding hydrogens is 453 g/mol. The van der Waals surface area contributed by atoms with Crippen molar-refractivity contribution in [3.8, 4) is 17.1 Å². The Morgan fingerprint density at radius 1 is 1.06 bits per heavy atom. The maximum absolute atomic E-state index is 12.5. The normalized spacial score (nSPS) is 10.8. The Balaban J connectivity index is 1.57. The van der Waals surface area contributed by atoms with Crippen molar-refractivity contribution in [1.29, 1.82) is 0 Å². The second kappa shape index (κ2) is 9.51. The van der Waals surface area contributed by atoms with Gasteiger partial charge >= 0.3 is 0 Å². The van der Waals surface area contributed by atoms with Crippen molar-refractivity contribution < 1.29 is 4.79 Å². The molecule has 156 valence electrons. The van der Waals surface area contributed by atoms with Crippen molar-refractivity contribution in [2.24, 2.45) is 0 Å². The van der Waals surface area contributed by atoms with Crippen molar-refractivity contribution >= 4 is 46.6 Å². The highest BCUT2D eigenvalue weighted by Gasteiger charge is 2.17. The molecule has 0 unspecified atom stereocenters. The summed E-state index contributed by atoms with van der Waals surface area (Å²) < 4.78 is 1.92. The van der Waals surface area contributed by atoms with Crippen molar-refractivity contribution in [3.63, 3.8) is 0 Å². The van der Waals surface area contributed by atoms with Crippen LogP contribution in [-0.2, 0) is 4.79 Å². The van der Waals surface area contributed by atoms with E-state index in [1.54, 1.807) is 30.6 Å². The first kappa shape index (κ1) is 21.4. The van der Waals surface area contributed by atoms with E-state index in [9.17, 15) is 4.79 Å². The number of nitrogens with zero attached hydrogens (tertiary/aromatic N) is 4. The highest BCUT2D eigenvalue weighted by molar-refractivity contribution is 7.99. The van der Waals surface area contributed by atoms with Crippen LogP contribution in [0.25, 0.3) is 17.1 Å². The Hall–Kier alpha value is -2.87. The Morgan fingerprint density at radius 3 is 2.58 bits per heavy atom. The second-order valence-corrected chi connectivity index (χ2v) is 8.44. The zero-order chi connectivity index (χ0) is 21.8. The predicted molar refractivity (Wildman–Crippen MR) is 125 cm³/mol. The number of anilines is 1. The molecule has 0 saturated carbocycles. The fraction of sp³-hybridized carbons (Fsp3) is 0.0909. The number of hydrogen-bond donors (Lipinski definition) is 1. The smallest absolute Gasteiger partial charge is 0.234 e. The standard InChI is InChI=1S/C22H17Cl2N5OS/c1-14-4-7-17(8-5-14)29-21(15-3-2-10-25-12-15)27-28-22(29)31-13-20(30)26-16-6-9-18(23)19(24)11-16/h2-12H,13H2,1H3,(H,26,30). The van der Waals surface area contributed by atoms with Crippen molar-refractivity contribution in [2.45, 2.75) is 12.1 Å². The molecule has 1 amide bonds. The summed E-state index contributed by atoms with van der Waals surface area (Å²) in [5.41, 5.74) is 3.47. The first-order valence-electron chi connectivity index (χ1n) is 9.32. The molecule has 1 N–H and O–H groups in total. The summed E-state index contributed by atoms with van der Waals surface area (Å²) in [6.45, 7) is 2.03. The lowest BCUT2D eigenvalue weighted by Gasteiger charge is -2.11. The number of carbonyl (C=O) groups excluding carboxylic acids is 1. The zero-order valence-electron chi connectivity index (χ0n) is 16.4. The molecule has 0 fully saturated rings. The third kappa shape index (κ3) is 5.07. The van der Waals surface area contributed by atoms with Crippen LogP contribution in [-0.4, -0.2) is 31.4 Å². The highest BCUT2D eigenvalue weighted by Crippen LogP contribution is 2.28. The number of aryl methyl sites for hydroxylation is 1. The van der Waals surface area contributed by atoms with E-state index in [4.69, 9.17) is 23.2 Å². The van der Waals surface area contributed by atoms with E-state index in [1.807, 2.05) is 47.9 Å². The molecule has 9 heteroatoms. The van der Waals surface area contributed by atoms with Crippen molar-refractivity contribution in [3.05, 3.63) is 82.6 Å². The molecule has 4 aromatic rings. The molecule has 2 aromatic heterocycles. The molecule has 31 heavy (non-hydrogen) atoms. The van der Waals surface area contributed by atoms with Crippen molar-refractivity contribution in [1.82, 2.24) is 19.7 Å². The number of amides is 1. The SMILES string of the molecule is Cc1ccc(-n2c(SCC(=O)Nc3ccc(Cl)c(Cl)c3)nnc2-c2cccnc2)cc1. The minimum Gasteiger partial charge on any atom is -0.325 e. The van der Waals surface area contributed by atoms with Crippen LogP contribution in [0.2, 0.25) is 10.0 Å². The van der Waals surface area contributed by atoms with Gasteiger partial charge in [0.2, 0.25) is 5.91 Å². The Morgan fingerprint density at radius 2 is 1.87 bits per heavy atom. The first-order valence-corrected chi connectivity index (χ1v) is 11.1. The number of halogens is 2. The number of carbonyl (C=O) groups is 1. The lowest BCUT2D eigenvalue weighted by molar-refractivity contribution is -0.113. The maximum Gasteiger partial charge on any atom is 0.234 e. The van der Waals surface area contributed by atoms with Crippen LogP contribution in [0.5, 0.6) is 0 Å². The fourth-order valence-corrected chi connectivity index (χ4v) is 3.92. The summed E-state index contributed by atoms with van der Waals surface area (Å²) in [6, 6.07) is 16.8. The minimum atomic E-state index is -0.190. The van der Waals surface area contributed by atoms with Gasteiger partial charge in [0.1, 0.15) is 0 Å². The van der Waals surface area contributed by atoms with Crippen LogP contribution in [0.15, 0.2) is 72.1 Å². The van der Waals surface area contributed by atoms with Crippen LogP contribution < -0.4 is 5.32 Å². The quantitative estimate of drug-likeness (QED) is 0.368. The summed E-state index contributed by atoms with van der Waals surface area (Å²) in [5, 5.41) is 12.9. The van der Waals surface area contributed by atoms with E-state index >= 15 is 0 Å². The molecule has 2 aromatic carbocycles. The predicted octanol–water partition coefficient (Wildman–Crippen LogP) is 5.68. The zero-order valence-corrected chi connectivity index (χ0v) is 18.7. The van der Waals surface area contributed by atoms with E-state index in [1.165, 1.54) is 11.8 Å². The molecule has 0 aliphatic carbocycles. The van der Waals surface area contributed by atoms with Gasteiger partial charge in [-0.15, -0.1) is 10.2 Å². The number of hydrogen-bond acceptors (Lipinski definition) is 5. The van der Waals surface area contributed by atoms with Gasteiger partial charge in [-0.05, 0) is 49.4 Å². The third-order valence-corrected chi connectivity index (χ3v) is 6.05. The van der Waals surface area contributed by atoms with Gasteiger partial charge in [0.15, 0.2) is 11.0 Å². The number of benzene rings is 2. The Labute approximate surface area is 193 Å². The van der Waals surface area contributed by atoms with Gasteiger partial charge in [0.05, 0.1) is 15.8 Å². The van der Waals surface area contributed by atoms with Crippen molar-refractivity contribution in [2.75, 3.05) is 11.1 Å². The first-order chi connectivity index (χ1) is 15.0. The summed E-state index contributed by atoms with van der Waals surface area (Å²) in [5.74, 6) is 0.617. The molecule has 0 radical (unpaired) electrons. The molecule has 0 bridgehead atoms. The van der Waals surface area contributed by atoms with Crippen LogP contribution in [0, 0.1) is 6.92 Å². The molecule has 4 rings (SSSR count). The van der Waals surface area contributed by atoms with Gasteiger partial charge in [0.25, 0.3) is 0 Å². The highest BCUT2D eigenvalue weighted by atomic mass is 35.5. The Bertz CT molecular complexity index is 1210. The Kier molecular flexibility index (Phi) is 6.56. The molecule has 0 atom stereocenters. The van der Waals surface area contributed by atoms with Gasteiger partial charge in [-0.1, -0.05) is 52.7 Å². The number of aromatic nitrogens is 4. The minimum absolute atomic E-state index is 0.150.